The monoisotopic (exact) mass is 445 g/mol. The summed E-state index contributed by atoms with van der Waals surface area (Å²) < 4.78 is 2.11. The van der Waals surface area contributed by atoms with Crippen LogP contribution in [0.2, 0.25) is 0 Å². The number of carbonyl (C=O) groups excluding carboxylic acids is 2. The number of carbonyl (C=O) groups is 2. The quantitative estimate of drug-likeness (QED) is 0.619. The molecule has 0 aliphatic carbocycles. The number of amides is 2. The Bertz CT molecular complexity index is 1140. The Kier molecular flexibility index (Phi) is 6.13. The normalized spacial score (nSPS) is 17.5. The standard InChI is InChI=1S/C26H31N5O2/c1-20-27-23-18-21(10-11-24(23)31(20)22-8-4-2-5-9-22)26(33)30-16-14-28(15-17-30)19-25(32)29-12-6-3-7-13-29/h2,4-5,8-11,18H,3,6-7,12-17,19H2,1H3. The summed E-state index contributed by atoms with van der Waals surface area (Å²) in [7, 11) is 0. The second kappa shape index (κ2) is 9.35. The zero-order valence-electron chi connectivity index (χ0n) is 19.2. The van der Waals surface area contributed by atoms with Crippen molar-refractivity contribution >= 4 is 22.8 Å². The Morgan fingerprint density at radius 1 is 0.848 bits per heavy atom. The number of fused-ring (bicyclic) bond motifs is 1. The first kappa shape index (κ1) is 21.6. The van der Waals surface area contributed by atoms with E-state index < -0.39 is 0 Å². The second-order valence-electron chi connectivity index (χ2n) is 9.04. The van der Waals surface area contributed by atoms with E-state index in [1.165, 1.54) is 6.42 Å². The van der Waals surface area contributed by atoms with Gasteiger partial charge in [0, 0.05) is 50.5 Å². The van der Waals surface area contributed by atoms with Gasteiger partial charge in [-0.25, -0.2) is 4.98 Å². The van der Waals surface area contributed by atoms with Gasteiger partial charge in [-0.1, -0.05) is 18.2 Å². The van der Waals surface area contributed by atoms with Gasteiger partial charge in [-0.15, -0.1) is 0 Å². The van der Waals surface area contributed by atoms with Crippen molar-refractivity contribution in [1.29, 1.82) is 0 Å². The van der Waals surface area contributed by atoms with Crippen LogP contribution in [0.5, 0.6) is 0 Å². The molecule has 0 radical (unpaired) electrons. The lowest BCUT2D eigenvalue weighted by Gasteiger charge is -2.36. The molecule has 7 nitrogen and oxygen atoms in total. The van der Waals surface area contributed by atoms with Crippen LogP contribution >= 0.6 is 0 Å². The molecule has 2 aliphatic heterocycles. The molecule has 3 heterocycles. The number of piperidine rings is 1. The van der Waals surface area contributed by atoms with Crippen LogP contribution in [0.15, 0.2) is 48.5 Å². The van der Waals surface area contributed by atoms with Crippen molar-refractivity contribution in [3.63, 3.8) is 0 Å². The Morgan fingerprint density at radius 2 is 1.58 bits per heavy atom. The first-order valence-corrected chi connectivity index (χ1v) is 11.9. The van der Waals surface area contributed by atoms with Crippen molar-refractivity contribution in [2.24, 2.45) is 0 Å². The Morgan fingerprint density at radius 3 is 2.30 bits per heavy atom. The molecule has 0 atom stereocenters. The molecular formula is C26H31N5O2. The van der Waals surface area contributed by atoms with E-state index in [1.54, 1.807) is 0 Å². The fraction of sp³-hybridized carbons (Fsp3) is 0.423. The lowest BCUT2D eigenvalue weighted by molar-refractivity contribution is -0.133. The molecule has 1 aromatic heterocycles. The fourth-order valence-electron chi connectivity index (χ4n) is 4.96. The molecule has 0 N–H and O–H groups in total. The van der Waals surface area contributed by atoms with Crippen molar-refractivity contribution in [2.45, 2.75) is 26.2 Å². The zero-order chi connectivity index (χ0) is 22.8. The van der Waals surface area contributed by atoms with Crippen LogP contribution in [0.4, 0.5) is 0 Å². The molecule has 0 bridgehead atoms. The molecule has 0 saturated carbocycles. The Labute approximate surface area is 194 Å². The van der Waals surface area contributed by atoms with Gasteiger partial charge < -0.3 is 9.80 Å². The molecule has 2 saturated heterocycles. The number of aryl methyl sites for hydroxylation is 1. The van der Waals surface area contributed by atoms with Crippen LogP contribution in [0, 0.1) is 6.92 Å². The maximum atomic E-state index is 13.2. The van der Waals surface area contributed by atoms with Crippen molar-refractivity contribution in [2.75, 3.05) is 45.8 Å². The summed E-state index contributed by atoms with van der Waals surface area (Å²) in [4.78, 5) is 36.5. The van der Waals surface area contributed by atoms with E-state index in [-0.39, 0.29) is 11.8 Å². The lowest BCUT2D eigenvalue weighted by Crippen LogP contribution is -2.52. The van der Waals surface area contributed by atoms with E-state index in [9.17, 15) is 9.59 Å². The predicted octanol–water partition coefficient (Wildman–Crippen LogP) is 3.10. The summed E-state index contributed by atoms with van der Waals surface area (Å²) >= 11 is 0. The van der Waals surface area contributed by atoms with Gasteiger partial charge in [0.05, 0.1) is 17.6 Å². The average Bonchev–Trinajstić information content (AvgIpc) is 3.20. The number of likely N-dealkylation sites (tertiary alicyclic amines) is 1. The molecule has 2 aliphatic rings. The summed E-state index contributed by atoms with van der Waals surface area (Å²) in [6.45, 7) is 6.97. The summed E-state index contributed by atoms with van der Waals surface area (Å²) in [6.07, 6.45) is 3.45. The van der Waals surface area contributed by atoms with Crippen molar-refractivity contribution in [3.8, 4) is 5.69 Å². The van der Waals surface area contributed by atoms with Gasteiger partial charge in [0.25, 0.3) is 5.91 Å². The minimum absolute atomic E-state index is 0.0332. The highest BCUT2D eigenvalue weighted by Crippen LogP contribution is 2.23. The van der Waals surface area contributed by atoms with Gasteiger partial charge in [0.15, 0.2) is 0 Å². The molecule has 7 heteroatoms. The van der Waals surface area contributed by atoms with Crippen LogP contribution in [0.25, 0.3) is 16.7 Å². The number of imidazole rings is 1. The highest BCUT2D eigenvalue weighted by atomic mass is 16.2. The molecule has 0 unspecified atom stereocenters. The number of piperazine rings is 1. The van der Waals surface area contributed by atoms with Crippen molar-refractivity contribution < 1.29 is 9.59 Å². The zero-order valence-corrected chi connectivity index (χ0v) is 19.2. The van der Waals surface area contributed by atoms with Gasteiger partial charge in [-0.05, 0) is 56.5 Å². The number of rotatable bonds is 4. The molecule has 3 aromatic rings. The topological polar surface area (TPSA) is 61.7 Å². The van der Waals surface area contributed by atoms with Crippen LogP contribution < -0.4 is 0 Å². The van der Waals surface area contributed by atoms with Gasteiger partial charge in [-0.3, -0.25) is 19.1 Å². The first-order valence-electron chi connectivity index (χ1n) is 11.9. The third-order valence-electron chi connectivity index (χ3n) is 6.81. The molecule has 172 valence electrons. The van der Waals surface area contributed by atoms with E-state index >= 15 is 0 Å². The lowest BCUT2D eigenvalue weighted by atomic mass is 10.1. The van der Waals surface area contributed by atoms with E-state index in [2.05, 4.69) is 21.6 Å². The number of hydrogen-bond donors (Lipinski definition) is 0. The van der Waals surface area contributed by atoms with Crippen LogP contribution in [-0.4, -0.2) is 81.9 Å². The van der Waals surface area contributed by atoms with E-state index in [0.29, 0.717) is 25.2 Å². The maximum Gasteiger partial charge on any atom is 0.254 e. The van der Waals surface area contributed by atoms with Gasteiger partial charge >= 0.3 is 0 Å². The largest absolute Gasteiger partial charge is 0.342 e. The summed E-state index contributed by atoms with van der Waals surface area (Å²) in [5, 5.41) is 0. The molecule has 0 spiro atoms. The minimum atomic E-state index is 0.0332. The van der Waals surface area contributed by atoms with E-state index in [1.807, 2.05) is 53.1 Å². The number of benzene rings is 2. The van der Waals surface area contributed by atoms with Crippen LogP contribution in [0.1, 0.15) is 35.4 Å². The fourth-order valence-corrected chi connectivity index (χ4v) is 4.96. The third kappa shape index (κ3) is 4.50. The van der Waals surface area contributed by atoms with Crippen molar-refractivity contribution in [3.05, 3.63) is 59.9 Å². The highest BCUT2D eigenvalue weighted by Gasteiger charge is 2.26. The Hall–Kier alpha value is -3.19. The Balaban J connectivity index is 1.24. The summed E-state index contributed by atoms with van der Waals surface area (Å²) in [5.74, 6) is 1.16. The summed E-state index contributed by atoms with van der Waals surface area (Å²) in [6, 6.07) is 15.9. The highest BCUT2D eigenvalue weighted by molar-refractivity contribution is 5.97. The maximum absolute atomic E-state index is 13.2. The molecular weight excluding hydrogens is 414 g/mol. The third-order valence-corrected chi connectivity index (χ3v) is 6.81. The molecule has 33 heavy (non-hydrogen) atoms. The average molecular weight is 446 g/mol. The SMILES string of the molecule is Cc1nc2cc(C(=O)N3CCN(CC(=O)N4CCCCC4)CC3)ccc2n1-c1ccccc1. The van der Waals surface area contributed by atoms with E-state index in [4.69, 9.17) is 4.98 Å². The van der Waals surface area contributed by atoms with Gasteiger partial charge in [-0.2, -0.15) is 0 Å². The van der Waals surface area contributed by atoms with Crippen LogP contribution in [-0.2, 0) is 4.79 Å². The molecule has 2 fully saturated rings. The number of aromatic nitrogens is 2. The predicted molar refractivity (Wildman–Crippen MR) is 129 cm³/mol. The second-order valence-corrected chi connectivity index (χ2v) is 9.04. The van der Waals surface area contributed by atoms with Gasteiger partial charge in [0.1, 0.15) is 5.82 Å². The van der Waals surface area contributed by atoms with Gasteiger partial charge in [0.2, 0.25) is 5.91 Å². The van der Waals surface area contributed by atoms with E-state index in [0.717, 1.165) is 61.6 Å². The summed E-state index contributed by atoms with van der Waals surface area (Å²) in [5.41, 5.74) is 3.55. The van der Waals surface area contributed by atoms with Crippen LogP contribution in [0.3, 0.4) is 0 Å². The number of hydrogen-bond acceptors (Lipinski definition) is 4. The first-order chi connectivity index (χ1) is 16.1. The minimum Gasteiger partial charge on any atom is -0.342 e. The number of nitrogens with zero attached hydrogens (tertiary/aromatic N) is 5. The molecule has 2 amide bonds. The number of para-hydroxylation sites is 1. The molecule has 5 rings (SSSR count). The smallest absolute Gasteiger partial charge is 0.254 e. The molecule has 2 aromatic carbocycles. The van der Waals surface area contributed by atoms with Crippen molar-refractivity contribution in [1.82, 2.24) is 24.3 Å².